The molecule has 0 saturated carbocycles. The van der Waals surface area contributed by atoms with Crippen molar-refractivity contribution in [2.45, 2.75) is 37.3 Å². The second-order valence-corrected chi connectivity index (χ2v) is 6.65. The Morgan fingerprint density at radius 3 is 2.62 bits per heavy atom. The molecule has 1 saturated heterocycles. The zero-order valence-corrected chi connectivity index (χ0v) is 13.4. The third-order valence-electron chi connectivity index (χ3n) is 4.99. The summed E-state index contributed by atoms with van der Waals surface area (Å²) in [5.74, 6) is -0.949. The van der Waals surface area contributed by atoms with Gasteiger partial charge in [-0.05, 0) is 25.1 Å². The van der Waals surface area contributed by atoms with Crippen molar-refractivity contribution >= 4 is 0 Å². The van der Waals surface area contributed by atoms with Crippen molar-refractivity contribution in [2.24, 2.45) is 0 Å². The van der Waals surface area contributed by atoms with Gasteiger partial charge in [0.05, 0.1) is 45.7 Å². The summed E-state index contributed by atoms with van der Waals surface area (Å²) in [7, 11) is 0. The van der Waals surface area contributed by atoms with Crippen LogP contribution in [0.15, 0.2) is 18.2 Å². The van der Waals surface area contributed by atoms with E-state index in [9.17, 15) is 28.5 Å². The number of halogens is 3. The molecule has 3 heterocycles. The number of hydrogen-bond acceptors (Lipinski definition) is 5. The summed E-state index contributed by atoms with van der Waals surface area (Å²) in [4.78, 5) is 0. The summed E-state index contributed by atoms with van der Waals surface area (Å²) in [5.41, 5.74) is -2.50. The fourth-order valence-electron chi connectivity index (χ4n) is 3.93. The molecule has 0 amide bonds. The van der Waals surface area contributed by atoms with Crippen LogP contribution in [0.1, 0.15) is 41.7 Å². The Labute approximate surface area is 145 Å². The van der Waals surface area contributed by atoms with Gasteiger partial charge in [-0.1, -0.05) is 0 Å². The van der Waals surface area contributed by atoms with Gasteiger partial charge in [0.2, 0.25) is 11.8 Å². The number of aliphatic hydroxyl groups is 1. The Balaban J connectivity index is 1.94. The quantitative estimate of drug-likeness (QED) is 0.721. The third-order valence-corrected chi connectivity index (χ3v) is 4.99. The van der Waals surface area contributed by atoms with Crippen molar-refractivity contribution in [3.63, 3.8) is 0 Å². The van der Waals surface area contributed by atoms with Gasteiger partial charge in [-0.25, -0.2) is 0 Å². The summed E-state index contributed by atoms with van der Waals surface area (Å²) in [6.45, 7) is 1.63. The minimum absolute atomic E-state index is 0.154. The molecule has 2 aliphatic heterocycles. The maximum atomic E-state index is 13.2. The summed E-state index contributed by atoms with van der Waals surface area (Å²) >= 11 is 0. The first kappa shape index (κ1) is 16.8. The number of benzene rings is 1. The number of aliphatic hydroxyl groups excluding tert-OH is 1. The average Bonchev–Trinajstić information content (AvgIpc) is 3.12. The van der Waals surface area contributed by atoms with Crippen molar-refractivity contribution < 1.29 is 33.2 Å². The van der Waals surface area contributed by atoms with Gasteiger partial charge < -0.3 is 20.1 Å². The smallest absolute Gasteiger partial charge is 0.417 e. The molecule has 0 unspecified atom stereocenters. The van der Waals surface area contributed by atoms with E-state index in [1.54, 1.807) is 6.92 Å². The van der Waals surface area contributed by atoms with Crippen molar-refractivity contribution in [1.29, 1.82) is 5.26 Å². The molecule has 9 heteroatoms. The molecule has 3 atom stereocenters. The number of hydrogen-bond donors (Lipinski definition) is 3. The molecule has 4 rings (SSSR count). The zero-order valence-electron chi connectivity index (χ0n) is 13.4. The lowest BCUT2D eigenvalue weighted by atomic mass is 9.84. The molecule has 26 heavy (non-hydrogen) atoms. The van der Waals surface area contributed by atoms with E-state index in [0.717, 1.165) is 10.6 Å². The average molecular weight is 366 g/mol. The zero-order chi connectivity index (χ0) is 19.0. The van der Waals surface area contributed by atoms with E-state index in [2.05, 4.69) is 0 Å². The van der Waals surface area contributed by atoms with Crippen LogP contribution in [-0.4, -0.2) is 26.0 Å². The molecule has 2 aliphatic rings. The maximum absolute atomic E-state index is 13.2. The molecular weight excluding hydrogens is 353 g/mol. The highest BCUT2D eigenvalue weighted by atomic mass is 19.4. The molecule has 6 nitrogen and oxygen atoms in total. The van der Waals surface area contributed by atoms with E-state index in [1.165, 1.54) is 12.1 Å². The lowest BCUT2D eigenvalue weighted by molar-refractivity contribution is -0.137. The molecule has 1 aromatic heterocycles. The summed E-state index contributed by atoms with van der Waals surface area (Å²) in [6.07, 6.45) is -6.32. The van der Waals surface area contributed by atoms with Crippen LogP contribution in [-0.2, 0) is 16.5 Å². The molecule has 2 bridgehead atoms. The topological polar surface area (TPSA) is 98.6 Å². The highest BCUT2D eigenvalue weighted by molar-refractivity contribution is 5.60. The van der Waals surface area contributed by atoms with Crippen LogP contribution in [0.5, 0.6) is 11.8 Å². The Hall–Kier alpha value is -2.70. The predicted molar refractivity (Wildman–Crippen MR) is 80.6 cm³/mol. The van der Waals surface area contributed by atoms with Crippen molar-refractivity contribution in [1.82, 2.24) is 4.57 Å². The molecule has 3 N–H and O–H groups in total. The van der Waals surface area contributed by atoms with Gasteiger partial charge in [-0.3, -0.25) is 4.57 Å². The SMILES string of the molecule is C[C@@]12C[C@@H](O)[C@@H](O1)c1c2c(O)n(-c2ccc(C#N)c(C(F)(F)F)c2)c1O. The molecule has 1 aromatic carbocycles. The Morgan fingerprint density at radius 1 is 1.31 bits per heavy atom. The summed E-state index contributed by atoms with van der Waals surface area (Å²) < 4.78 is 46.1. The molecule has 136 valence electrons. The summed E-state index contributed by atoms with van der Waals surface area (Å²) in [5, 5.41) is 40.0. The first-order valence-corrected chi connectivity index (χ1v) is 7.73. The number of ether oxygens (including phenoxy) is 1. The standard InChI is InChI=1S/C17H13F3N2O4/c1-16-5-10(23)13(26-16)11-12(16)15(25)22(14(11)24)8-3-2-7(6-21)9(4-8)17(18,19)20/h2-4,10,13,23-25H,5H2,1H3/t10-,13-,16+/m1/s1. The lowest BCUT2D eigenvalue weighted by Gasteiger charge is -2.21. The largest absolute Gasteiger partial charge is 0.494 e. The molecule has 2 aromatic rings. The second-order valence-electron chi connectivity index (χ2n) is 6.65. The summed E-state index contributed by atoms with van der Waals surface area (Å²) in [6, 6.07) is 4.34. The van der Waals surface area contributed by atoms with Crippen LogP contribution in [0.4, 0.5) is 13.2 Å². The van der Waals surface area contributed by atoms with Gasteiger partial charge in [0.1, 0.15) is 6.10 Å². The minimum Gasteiger partial charge on any atom is -0.494 e. The van der Waals surface area contributed by atoms with Crippen LogP contribution in [0.25, 0.3) is 5.69 Å². The lowest BCUT2D eigenvalue weighted by Crippen LogP contribution is -2.22. The molecule has 0 radical (unpaired) electrons. The highest BCUT2D eigenvalue weighted by Crippen LogP contribution is 2.61. The monoisotopic (exact) mass is 366 g/mol. The number of nitrogens with zero attached hydrogens (tertiary/aromatic N) is 2. The number of nitriles is 1. The van der Waals surface area contributed by atoms with E-state index in [-0.39, 0.29) is 23.2 Å². The van der Waals surface area contributed by atoms with E-state index in [1.807, 2.05) is 0 Å². The minimum atomic E-state index is -4.77. The Morgan fingerprint density at radius 2 is 2.00 bits per heavy atom. The van der Waals surface area contributed by atoms with Crippen LogP contribution in [0.2, 0.25) is 0 Å². The maximum Gasteiger partial charge on any atom is 0.417 e. The van der Waals surface area contributed by atoms with Gasteiger partial charge in [0.25, 0.3) is 0 Å². The number of fused-ring (bicyclic) bond motifs is 5. The number of alkyl halides is 3. The van der Waals surface area contributed by atoms with Gasteiger partial charge >= 0.3 is 6.18 Å². The Kier molecular flexibility index (Phi) is 3.18. The van der Waals surface area contributed by atoms with Crippen molar-refractivity contribution in [3.8, 4) is 23.5 Å². The molecular formula is C17H13F3N2O4. The van der Waals surface area contributed by atoms with Gasteiger partial charge in [0.15, 0.2) is 0 Å². The predicted octanol–water partition coefficient (Wildman–Crippen LogP) is 2.83. The highest BCUT2D eigenvalue weighted by Gasteiger charge is 2.57. The van der Waals surface area contributed by atoms with Crippen LogP contribution >= 0.6 is 0 Å². The van der Waals surface area contributed by atoms with E-state index >= 15 is 0 Å². The molecule has 1 fully saturated rings. The second kappa shape index (κ2) is 4.93. The van der Waals surface area contributed by atoms with Gasteiger partial charge in [0, 0.05) is 6.42 Å². The van der Waals surface area contributed by atoms with Gasteiger partial charge in [-0.15, -0.1) is 0 Å². The van der Waals surface area contributed by atoms with Crippen LogP contribution < -0.4 is 0 Å². The van der Waals surface area contributed by atoms with Crippen LogP contribution in [0.3, 0.4) is 0 Å². The first-order chi connectivity index (χ1) is 12.1. The molecule has 0 aliphatic carbocycles. The van der Waals surface area contributed by atoms with E-state index in [0.29, 0.717) is 6.07 Å². The van der Waals surface area contributed by atoms with Gasteiger partial charge in [-0.2, -0.15) is 18.4 Å². The normalized spacial score (nSPS) is 26.8. The van der Waals surface area contributed by atoms with Crippen LogP contribution in [0, 0.1) is 11.3 Å². The van der Waals surface area contributed by atoms with E-state index in [4.69, 9.17) is 10.00 Å². The fourth-order valence-corrected chi connectivity index (χ4v) is 3.93. The van der Waals surface area contributed by atoms with Crippen molar-refractivity contribution in [3.05, 3.63) is 40.5 Å². The third kappa shape index (κ3) is 2.00. The fraction of sp³-hybridized carbons (Fsp3) is 0.353. The first-order valence-electron chi connectivity index (χ1n) is 7.73. The number of aromatic nitrogens is 1. The Bertz CT molecular complexity index is 976. The van der Waals surface area contributed by atoms with E-state index < -0.39 is 46.9 Å². The number of rotatable bonds is 1. The molecule has 0 spiro atoms. The van der Waals surface area contributed by atoms with Crippen molar-refractivity contribution in [2.75, 3.05) is 0 Å². The number of aromatic hydroxyl groups is 2.